The second-order valence-corrected chi connectivity index (χ2v) is 9.52. The van der Waals surface area contributed by atoms with Crippen LogP contribution in [0.2, 0.25) is 0 Å². The van der Waals surface area contributed by atoms with Gasteiger partial charge in [-0.3, -0.25) is 0 Å². The summed E-state index contributed by atoms with van der Waals surface area (Å²) in [5.41, 5.74) is -0.313. The van der Waals surface area contributed by atoms with Crippen LogP contribution in [0.15, 0.2) is 93.3 Å². The molecule has 3 aromatic rings. The molecule has 0 bridgehead atoms. The Bertz CT molecular complexity index is 1510. The highest BCUT2D eigenvalue weighted by Gasteiger charge is 2.90. The van der Waals surface area contributed by atoms with Crippen molar-refractivity contribution >= 4 is 28.4 Å². The summed E-state index contributed by atoms with van der Waals surface area (Å²) >= 11 is 0. The summed E-state index contributed by atoms with van der Waals surface area (Å²) in [6.07, 6.45) is -7.47. The highest BCUT2D eigenvalue weighted by atomic mass is 19.4. The summed E-state index contributed by atoms with van der Waals surface area (Å²) in [6.45, 7) is 5.70. The minimum Gasteiger partial charge on any atom is -0.372 e. The van der Waals surface area contributed by atoms with Crippen LogP contribution in [-0.4, -0.2) is 43.0 Å². The van der Waals surface area contributed by atoms with Crippen LogP contribution in [0.5, 0.6) is 0 Å². The van der Waals surface area contributed by atoms with Crippen molar-refractivity contribution < 1.29 is 57.1 Å². The van der Waals surface area contributed by atoms with Gasteiger partial charge in [-0.05, 0) is 74.5 Å². The summed E-state index contributed by atoms with van der Waals surface area (Å²) in [7, 11) is 0. The number of rotatable bonds is 12. The summed E-state index contributed by atoms with van der Waals surface area (Å²) in [6, 6.07) is 14.1. The van der Waals surface area contributed by atoms with Crippen molar-refractivity contribution in [1.29, 1.82) is 0 Å². The molecule has 0 radical (unpaired) electrons. The van der Waals surface area contributed by atoms with E-state index in [9.17, 15) is 57.1 Å². The van der Waals surface area contributed by atoms with Gasteiger partial charge in [0.05, 0.1) is 22.7 Å². The smallest absolute Gasteiger partial charge is 0.372 e. The fourth-order valence-electron chi connectivity index (χ4n) is 3.82. The second kappa shape index (κ2) is 12.9. The van der Waals surface area contributed by atoms with E-state index in [2.05, 4.69) is 25.4 Å². The Hall–Kier alpha value is -4.25. The molecule has 46 heavy (non-hydrogen) atoms. The van der Waals surface area contributed by atoms with Crippen LogP contribution >= 0.6 is 0 Å². The molecule has 0 atom stereocenters. The first-order valence-corrected chi connectivity index (χ1v) is 13.0. The fourth-order valence-corrected chi connectivity index (χ4v) is 3.82. The standard InChI is InChI=1S/C28H22F13N5/c1-3-46(4-2)22-15-13-21(14-16-22)45-44-20-11-9-19(10-12-20)43-42-18-7-5-17(6-8-18)23(29,30)24(31,32)25(33,34)26(35,36)27(37,38)28(39,40)41/h5-16H,3-4H2,1-2H3. The molecule has 0 heterocycles. The zero-order valence-corrected chi connectivity index (χ0v) is 23.5. The Kier molecular flexibility index (Phi) is 10.1. The van der Waals surface area contributed by atoms with Crippen LogP contribution in [0.3, 0.4) is 0 Å². The van der Waals surface area contributed by atoms with Gasteiger partial charge < -0.3 is 4.90 Å². The van der Waals surface area contributed by atoms with Crippen molar-refractivity contribution in [1.82, 2.24) is 0 Å². The monoisotopic (exact) mass is 675 g/mol. The summed E-state index contributed by atoms with van der Waals surface area (Å²) < 4.78 is 174. The van der Waals surface area contributed by atoms with E-state index >= 15 is 0 Å². The maximum atomic E-state index is 14.4. The molecule has 18 heteroatoms. The lowest BCUT2D eigenvalue weighted by Crippen LogP contribution is -2.69. The van der Waals surface area contributed by atoms with E-state index in [1.54, 1.807) is 12.1 Å². The summed E-state index contributed by atoms with van der Waals surface area (Å²) in [5.74, 6) is -37.4. The number of nitrogens with zero attached hydrogens (tertiary/aromatic N) is 5. The first-order valence-electron chi connectivity index (χ1n) is 13.0. The first-order chi connectivity index (χ1) is 21.1. The van der Waals surface area contributed by atoms with Crippen molar-refractivity contribution in [2.45, 2.75) is 49.6 Å². The molecule has 0 spiro atoms. The predicted octanol–water partition coefficient (Wildman–Crippen LogP) is 11.6. The van der Waals surface area contributed by atoms with Gasteiger partial charge in [0.1, 0.15) is 0 Å². The first kappa shape index (κ1) is 36.2. The van der Waals surface area contributed by atoms with Gasteiger partial charge in [0.25, 0.3) is 0 Å². The van der Waals surface area contributed by atoms with Gasteiger partial charge in [0.15, 0.2) is 0 Å². The average molecular weight is 675 g/mol. The topological polar surface area (TPSA) is 52.7 Å². The normalized spacial score (nSPS) is 14.0. The molecule has 0 unspecified atom stereocenters. The van der Waals surface area contributed by atoms with Crippen molar-refractivity contribution in [2.75, 3.05) is 18.0 Å². The highest BCUT2D eigenvalue weighted by Crippen LogP contribution is 2.62. The van der Waals surface area contributed by atoms with Gasteiger partial charge in [-0.1, -0.05) is 12.1 Å². The zero-order valence-electron chi connectivity index (χ0n) is 23.5. The minimum atomic E-state index is -7.97. The number of halogens is 13. The fraction of sp³-hybridized carbons (Fsp3) is 0.357. The Morgan fingerprint density at radius 1 is 0.435 bits per heavy atom. The van der Waals surface area contributed by atoms with Crippen LogP contribution in [0.25, 0.3) is 0 Å². The molecule has 5 nitrogen and oxygen atoms in total. The van der Waals surface area contributed by atoms with Crippen LogP contribution < -0.4 is 4.90 Å². The predicted molar refractivity (Wildman–Crippen MR) is 141 cm³/mol. The lowest BCUT2D eigenvalue weighted by Gasteiger charge is -2.39. The summed E-state index contributed by atoms with van der Waals surface area (Å²) in [5, 5.41) is 15.5. The second-order valence-electron chi connectivity index (χ2n) is 9.52. The molecule has 0 fully saturated rings. The van der Waals surface area contributed by atoms with Crippen molar-refractivity contribution in [3.63, 3.8) is 0 Å². The molecule has 0 aliphatic heterocycles. The molecule has 0 N–H and O–H groups in total. The van der Waals surface area contributed by atoms with Gasteiger partial charge in [-0.15, -0.1) is 0 Å². The average Bonchev–Trinajstić information content (AvgIpc) is 3.00. The van der Waals surface area contributed by atoms with E-state index in [0.29, 0.717) is 23.5 Å². The van der Waals surface area contributed by atoms with E-state index in [1.807, 2.05) is 26.0 Å². The SMILES string of the molecule is CCN(CC)c1ccc(N=Nc2ccc(N=Nc3ccc(C(F)(F)C(F)(F)C(F)(F)C(F)(F)C(F)(F)C(F)(F)F)cc3)cc2)cc1. The van der Waals surface area contributed by atoms with Gasteiger partial charge in [-0.25, -0.2) is 0 Å². The lowest BCUT2D eigenvalue weighted by atomic mass is 9.90. The number of anilines is 1. The number of azo groups is 2. The molecule has 0 aliphatic rings. The Labute approximate surface area is 252 Å². The van der Waals surface area contributed by atoms with Gasteiger partial charge >= 0.3 is 35.8 Å². The van der Waals surface area contributed by atoms with E-state index in [4.69, 9.17) is 0 Å². The molecule has 250 valence electrons. The molecular formula is C28H22F13N5. The molecule has 0 aliphatic carbocycles. The molecule has 3 aromatic carbocycles. The van der Waals surface area contributed by atoms with Gasteiger partial charge in [0.2, 0.25) is 0 Å². The molecule has 3 rings (SSSR count). The van der Waals surface area contributed by atoms with Crippen LogP contribution in [0, 0.1) is 0 Å². The van der Waals surface area contributed by atoms with Crippen molar-refractivity contribution in [2.24, 2.45) is 20.5 Å². The maximum absolute atomic E-state index is 14.4. The molecule has 0 saturated heterocycles. The number of benzene rings is 3. The molecule has 0 amide bonds. The third-order valence-corrected chi connectivity index (χ3v) is 6.55. The summed E-state index contributed by atoms with van der Waals surface area (Å²) in [4.78, 5) is 2.14. The van der Waals surface area contributed by atoms with E-state index < -0.39 is 41.4 Å². The molecule has 0 aromatic heterocycles. The van der Waals surface area contributed by atoms with E-state index in [0.717, 1.165) is 18.8 Å². The zero-order chi connectivity index (χ0) is 34.8. The number of alkyl halides is 13. The Morgan fingerprint density at radius 2 is 0.739 bits per heavy atom. The van der Waals surface area contributed by atoms with Crippen LogP contribution in [0.4, 0.5) is 85.5 Å². The van der Waals surface area contributed by atoms with Crippen LogP contribution in [0.1, 0.15) is 19.4 Å². The molecular weight excluding hydrogens is 653 g/mol. The van der Waals surface area contributed by atoms with Crippen molar-refractivity contribution in [3.8, 4) is 0 Å². The quantitative estimate of drug-likeness (QED) is 0.139. The maximum Gasteiger partial charge on any atom is 0.460 e. The number of hydrogen-bond donors (Lipinski definition) is 0. The third kappa shape index (κ3) is 6.65. The lowest BCUT2D eigenvalue weighted by molar-refractivity contribution is -0.441. The third-order valence-electron chi connectivity index (χ3n) is 6.55. The van der Waals surface area contributed by atoms with E-state index in [1.165, 1.54) is 24.3 Å². The number of hydrogen-bond acceptors (Lipinski definition) is 5. The Balaban J connectivity index is 1.73. The van der Waals surface area contributed by atoms with Crippen molar-refractivity contribution in [3.05, 3.63) is 78.4 Å². The van der Waals surface area contributed by atoms with E-state index in [-0.39, 0.29) is 23.5 Å². The Morgan fingerprint density at radius 3 is 1.07 bits per heavy atom. The minimum absolute atomic E-state index is 0.0103. The van der Waals surface area contributed by atoms with Crippen LogP contribution in [-0.2, 0) is 5.92 Å². The van der Waals surface area contributed by atoms with Gasteiger partial charge in [-0.2, -0.15) is 77.5 Å². The largest absolute Gasteiger partial charge is 0.460 e. The highest BCUT2D eigenvalue weighted by molar-refractivity contribution is 5.53. The van der Waals surface area contributed by atoms with Gasteiger partial charge in [0, 0.05) is 24.3 Å². The molecule has 0 saturated carbocycles.